The summed E-state index contributed by atoms with van der Waals surface area (Å²) in [6.45, 7) is 2.22. The van der Waals surface area contributed by atoms with Crippen LogP contribution in [0.4, 0.5) is 22.0 Å². The van der Waals surface area contributed by atoms with E-state index in [1.54, 1.807) is 0 Å². The zero-order chi connectivity index (χ0) is 17.8. The van der Waals surface area contributed by atoms with Crippen LogP contribution in [0, 0.1) is 0 Å². The third kappa shape index (κ3) is 5.24. The number of hydrogen-bond donors (Lipinski definition) is 0. The van der Waals surface area contributed by atoms with Gasteiger partial charge in [0.05, 0.1) is 6.61 Å². The molecule has 0 aliphatic carbocycles. The predicted octanol–water partition coefficient (Wildman–Crippen LogP) is 2.12. The van der Waals surface area contributed by atoms with Crippen LogP contribution in [0.15, 0.2) is 12.7 Å². The van der Waals surface area contributed by atoms with Crippen LogP contribution in [0.2, 0.25) is 0 Å². The van der Waals surface area contributed by atoms with Crippen LogP contribution >= 0.6 is 0 Å². The van der Waals surface area contributed by atoms with E-state index in [-0.39, 0.29) is 0 Å². The van der Waals surface area contributed by atoms with Gasteiger partial charge < -0.3 is 14.4 Å². The number of carbonyl (C=O) groups excluding carboxylic acids is 2. The summed E-state index contributed by atoms with van der Waals surface area (Å²) < 4.78 is 73.4. The largest absolute Gasteiger partial charge is 0.466 e. The molecule has 0 spiro atoms. The highest BCUT2D eigenvalue weighted by atomic mass is 19.4. The fourth-order valence-electron chi connectivity index (χ4n) is 1.25. The lowest BCUT2D eigenvalue weighted by Crippen LogP contribution is -2.61. The quantitative estimate of drug-likeness (QED) is 0.310. The molecule has 0 saturated carbocycles. The second kappa shape index (κ2) is 7.03. The number of ether oxygens (including phenoxy) is 2. The summed E-state index contributed by atoms with van der Waals surface area (Å²) in [5.74, 6) is -10.7. The molecule has 0 fully saturated rings. The first kappa shape index (κ1) is 20.3. The normalized spacial score (nSPS) is 14.9. The van der Waals surface area contributed by atoms with Gasteiger partial charge in [0.25, 0.3) is 0 Å². The zero-order valence-corrected chi connectivity index (χ0v) is 12.2. The summed E-state index contributed by atoms with van der Waals surface area (Å²) in [6.07, 6.45) is -6.19. The van der Waals surface area contributed by atoms with E-state index in [2.05, 4.69) is 16.1 Å². The molecule has 0 rings (SSSR count). The lowest BCUT2D eigenvalue weighted by Gasteiger charge is -2.34. The highest BCUT2D eigenvalue weighted by molar-refractivity contribution is 5.89. The van der Waals surface area contributed by atoms with Crippen LogP contribution in [0.5, 0.6) is 0 Å². The number of carbonyl (C=O) groups is 2. The number of likely N-dealkylation sites (N-methyl/N-ethyl adjacent to an activating group) is 1. The summed E-state index contributed by atoms with van der Waals surface area (Å²) in [6, 6.07) is 0. The number of hydrogen-bond acceptors (Lipinski definition) is 4. The second-order valence-corrected chi connectivity index (χ2v) is 4.61. The second-order valence-electron chi connectivity index (χ2n) is 4.61. The van der Waals surface area contributed by atoms with Crippen molar-refractivity contribution in [3.8, 4) is 0 Å². The van der Waals surface area contributed by atoms with Gasteiger partial charge in [0.2, 0.25) is 5.92 Å². The summed E-state index contributed by atoms with van der Waals surface area (Å²) in [5.41, 5.74) is 0. The SMILES string of the molecule is C=CC(=O)OC(OCCC(C)(F)F)(C(=O)N(C)C)C(F)(F)F. The molecule has 0 aromatic carbocycles. The molecular weight excluding hydrogens is 317 g/mol. The molecular formula is C12H16F5NO4. The molecule has 10 heteroatoms. The Morgan fingerprint density at radius 1 is 1.18 bits per heavy atom. The molecule has 0 heterocycles. The van der Waals surface area contributed by atoms with Gasteiger partial charge in [-0.2, -0.15) is 13.2 Å². The van der Waals surface area contributed by atoms with E-state index in [0.717, 1.165) is 14.1 Å². The molecule has 1 amide bonds. The highest BCUT2D eigenvalue weighted by Crippen LogP contribution is 2.37. The van der Waals surface area contributed by atoms with Gasteiger partial charge in [-0.25, -0.2) is 13.6 Å². The smallest absolute Gasteiger partial charge is 0.412 e. The van der Waals surface area contributed by atoms with E-state index < -0.39 is 42.8 Å². The first-order valence-electron chi connectivity index (χ1n) is 5.92. The molecule has 0 bridgehead atoms. The molecule has 1 unspecified atom stereocenters. The number of alkyl halides is 5. The van der Waals surface area contributed by atoms with Crippen LogP contribution in [-0.2, 0) is 19.1 Å². The summed E-state index contributed by atoms with van der Waals surface area (Å²) >= 11 is 0. The van der Waals surface area contributed by atoms with Gasteiger partial charge in [-0.05, 0) is 6.92 Å². The Morgan fingerprint density at radius 3 is 2.00 bits per heavy atom. The molecule has 0 aromatic heterocycles. The van der Waals surface area contributed by atoms with Crippen LogP contribution in [0.3, 0.4) is 0 Å². The van der Waals surface area contributed by atoms with E-state index in [1.807, 2.05) is 0 Å². The minimum Gasteiger partial charge on any atom is -0.412 e. The number of nitrogens with zero attached hydrogens (tertiary/aromatic N) is 1. The Labute approximate surface area is 123 Å². The van der Waals surface area contributed by atoms with Crippen molar-refractivity contribution in [2.45, 2.75) is 31.2 Å². The van der Waals surface area contributed by atoms with E-state index in [0.29, 0.717) is 17.9 Å². The van der Waals surface area contributed by atoms with Gasteiger partial charge in [0.15, 0.2) is 0 Å². The summed E-state index contributed by atoms with van der Waals surface area (Å²) in [5, 5.41) is 0. The Hall–Kier alpha value is -1.71. The monoisotopic (exact) mass is 333 g/mol. The topological polar surface area (TPSA) is 55.8 Å². The van der Waals surface area contributed by atoms with Gasteiger partial charge in [-0.1, -0.05) is 6.58 Å². The zero-order valence-electron chi connectivity index (χ0n) is 12.2. The van der Waals surface area contributed by atoms with Crippen LogP contribution in [-0.4, -0.2) is 55.4 Å². The van der Waals surface area contributed by atoms with Gasteiger partial charge in [-0.15, -0.1) is 0 Å². The third-order valence-corrected chi connectivity index (χ3v) is 2.32. The van der Waals surface area contributed by atoms with Crippen LogP contribution in [0.1, 0.15) is 13.3 Å². The Kier molecular flexibility index (Phi) is 6.49. The van der Waals surface area contributed by atoms with Crippen molar-refractivity contribution < 1.29 is 41.0 Å². The van der Waals surface area contributed by atoms with Crippen LogP contribution < -0.4 is 0 Å². The van der Waals surface area contributed by atoms with Crippen molar-refractivity contribution in [2.24, 2.45) is 0 Å². The molecule has 22 heavy (non-hydrogen) atoms. The summed E-state index contributed by atoms with van der Waals surface area (Å²) in [4.78, 5) is 23.4. The first-order valence-corrected chi connectivity index (χ1v) is 5.92. The van der Waals surface area contributed by atoms with Crippen molar-refractivity contribution in [3.05, 3.63) is 12.7 Å². The molecule has 0 aliphatic rings. The Balaban J connectivity index is 5.61. The number of rotatable bonds is 7. The molecule has 5 nitrogen and oxygen atoms in total. The third-order valence-electron chi connectivity index (χ3n) is 2.32. The average molecular weight is 333 g/mol. The fraction of sp³-hybridized carbons (Fsp3) is 0.667. The molecule has 0 aliphatic heterocycles. The standard InChI is InChI=1S/C12H16F5NO4/c1-5-8(19)22-11(12(15,16)17,9(20)18(3)4)21-7-6-10(2,13)14/h5H,1,6-7H2,2-4H3. The predicted molar refractivity (Wildman–Crippen MR) is 65.0 cm³/mol. The fourth-order valence-corrected chi connectivity index (χ4v) is 1.25. The minimum absolute atomic E-state index is 0.390. The lowest BCUT2D eigenvalue weighted by atomic mass is 10.2. The van der Waals surface area contributed by atoms with Crippen molar-refractivity contribution in [1.29, 1.82) is 0 Å². The maximum absolute atomic E-state index is 13.2. The van der Waals surface area contributed by atoms with E-state index in [4.69, 9.17) is 0 Å². The molecule has 1 atom stereocenters. The number of amides is 1. The lowest BCUT2D eigenvalue weighted by molar-refractivity contribution is -0.351. The minimum atomic E-state index is -5.48. The summed E-state index contributed by atoms with van der Waals surface area (Å²) in [7, 11) is 1.92. The molecule has 0 N–H and O–H groups in total. The van der Waals surface area contributed by atoms with Gasteiger partial charge in [-0.3, -0.25) is 4.79 Å². The number of esters is 1. The van der Waals surface area contributed by atoms with Crippen molar-refractivity contribution in [3.63, 3.8) is 0 Å². The Bertz CT molecular complexity index is 430. The van der Waals surface area contributed by atoms with Crippen molar-refractivity contribution in [1.82, 2.24) is 4.90 Å². The molecule has 0 saturated heterocycles. The Morgan fingerprint density at radius 2 is 1.68 bits per heavy atom. The maximum atomic E-state index is 13.2. The molecule has 0 aromatic rings. The van der Waals surface area contributed by atoms with Gasteiger partial charge in [0, 0.05) is 26.6 Å². The molecule has 0 radical (unpaired) electrons. The van der Waals surface area contributed by atoms with E-state index in [9.17, 15) is 31.5 Å². The molecule has 128 valence electrons. The van der Waals surface area contributed by atoms with Crippen molar-refractivity contribution >= 4 is 11.9 Å². The average Bonchev–Trinajstić information content (AvgIpc) is 2.33. The first-order chi connectivity index (χ1) is 9.77. The van der Waals surface area contributed by atoms with E-state index >= 15 is 0 Å². The van der Waals surface area contributed by atoms with Crippen molar-refractivity contribution in [2.75, 3.05) is 20.7 Å². The van der Waals surface area contributed by atoms with Gasteiger partial charge in [0.1, 0.15) is 0 Å². The number of halogens is 5. The highest BCUT2D eigenvalue weighted by Gasteiger charge is 2.66. The van der Waals surface area contributed by atoms with Gasteiger partial charge >= 0.3 is 23.8 Å². The van der Waals surface area contributed by atoms with E-state index in [1.165, 1.54) is 0 Å². The maximum Gasteiger partial charge on any atom is 0.466 e. The van der Waals surface area contributed by atoms with Crippen LogP contribution in [0.25, 0.3) is 0 Å².